The molecule has 2 aromatic carbocycles. The summed E-state index contributed by atoms with van der Waals surface area (Å²) in [6.07, 6.45) is 2.41. The number of rotatable bonds is 4. The lowest BCUT2D eigenvalue weighted by Crippen LogP contribution is -2.18. The van der Waals surface area contributed by atoms with Gasteiger partial charge in [-0.2, -0.15) is 0 Å². The molecule has 0 atom stereocenters. The Morgan fingerprint density at radius 3 is 2.17 bits per heavy atom. The molecule has 1 heterocycles. The van der Waals surface area contributed by atoms with Crippen LogP contribution in [0, 0.1) is 13.8 Å². The van der Waals surface area contributed by atoms with Crippen molar-refractivity contribution in [3.05, 3.63) is 53.6 Å². The SMILES string of the molecule is Cc1ccc(NS(=O)(=O)c2ccc(N3CCCC3)cc2)cc1C. The Bertz CT molecular complexity index is 792. The van der Waals surface area contributed by atoms with Crippen LogP contribution in [0.2, 0.25) is 0 Å². The molecule has 3 rings (SSSR count). The van der Waals surface area contributed by atoms with E-state index in [1.54, 1.807) is 18.2 Å². The maximum Gasteiger partial charge on any atom is 0.261 e. The van der Waals surface area contributed by atoms with Crippen LogP contribution < -0.4 is 9.62 Å². The van der Waals surface area contributed by atoms with E-state index in [1.165, 1.54) is 12.8 Å². The van der Waals surface area contributed by atoms with Gasteiger partial charge in [-0.15, -0.1) is 0 Å². The summed E-state index contributed by atoms with van der Waals surface area (Å²) < 4.78 is 27.7. The molecular formula is C18H22N2O2S. The van der Waals surface area contributed by atoms with Gasteiger partial charge in [0.15, 0.2) is 0 Å². The van der Waals surface area contributed by atoms with Gasteiger partial charge in [-0.25, -0.2) is 8.42 Å². The highest BCUT2D eigenvalue weighted by molar-refractivity contribution is 7.92. The topological polar surface area (TPSA) is 49.4 Å². The van der Waals surface area contributed by atoms with Crippen molar-refractivity contribution < 1.29 is 8.42 Å². The number of aryl methyl sites for hydroxylation is 2. The lowest BCUT2D eigenvalue weighted by Gasteiger charge is -2.18. The van der Waals surface area contributed by atoms with Gasteiger partial charge in [0, 0.05) is 24.5 Å². The summed E-state index contributed by atoms with van der Waals surface area (Å²) in [6.45, 7) is 6.07. The van der Waals surface area contributed by atoms with Crippen molar-refractivity contribution >= 4 is 21.4 Å². The lowest BCUT2D eigenvalue weighted by molar-refractivity contribution is 0.601. The molecule has 1 aliphatic rings. The highest BCUT2D eigenvalue weighted by atomic mass is 32.2. The van der Waals surface area contributed by atoms with Crippen LogP contribution in [0.4, 0.5) is 11.4 Å². The predicted octanol–water partition coefficient (Wildman–Crippen LogP) is 3.70. The zero-order valence-corrected chi connectivity index (χ0v) is 14.4. The van der Waals surface area contributed by atoms with Gasteiger partial charge in [-0.05, 0) is 74.2 Å². The summed E-state index contributed by atoms with van der Waals surface area (Å²) in [5, 5.41) is 0. The molecule has 0 aliphatic carbocycles. The maximum absolute atomic E-state index is 12.5. The number of nitrogens with zero attached hydrogens (tertiary/aromatic N) is 1. The molecule has 0 bridgehead atoms. The van der Waals surface area contributed by atoms with Crippen LogP contribution in [0.15, 0.2) is 47.4 Å². The van der Waals surface area contributed by atoms with E-state index in [0.717, 1.165) is 29.9 Å². The number of nitrogens with one attached hydrogen (secondary N) is 1. The Hall–Kier alpha value is -2.01. The number of benzene rings is 2. The second-order valence-corrected chi connectivity index (χ2v) is 7.77. The fourth-order valence-electron chi connectivity index (χ4n) is 2.83. The molecule has 1 aliphatic heterocycles. The second-order valence-electron chi connectivity index (χ2n) is 6.09. The third-order valence-electron chi connectivity index (χ3n) is 4.38. The predicted molar refractivity (Wildman–Crippen MR) is 94.6 cm³/mol. The average molecular weight is 330 g/mol. The first-order valence-electron chi connectivity index (χ1n) is 7.91. The van der Waals surface area contributed by atoms with E-state index in [0.29, 0.717) is 10.6 Å². The van der Waals surface area contributed by atoms with Gasteiger partial charge in [0.2, 0.25) is 0 Å². The molecule has 0 radical (unpaired) electrons. The minimum atomic E-state index is -3.55. The molecule has 1 fully saturated rings. The maximum atomic E-state index is 12.5. The molecule has 0 saturated carbocycles. The van der Waals surface area contributed by atoms with E-state index >= 15 is 0 Å². The van der Waals surface area contributed by atoms with Crippen LogP contribution in [0.5, 0.6) is 0 Å². The molecule has 2 aromatic rings. The van der Waals surface area contributed by atoms with E-state index < -0.39 is 10.0 Å². The van der Waals surface area contributed by atoms with Gasteiger partial charge in [-0.1, -0.05) is 6.07 Å². The second kappa shape index (κ2) is 6.24. The van der Waals surface area contributed by atoms with Crippen LogP contribution in [-0.2, 0) is 10.0 Å². The third kappa shape index (κ3) is 3.50. The van der Waals surface area contributed by atoms with E-state index in [-0.39, 0.29) is 0 Å². The van der Waals surface area contributed by atoms with Crippen LogP contribution in [0.1, 0.15) is 24.0 Å². The summed E-state index contributed by atoms with van der Waals surface area (Å²) in [7, 11) is -3.55. The Labute approximate surface area is 138 Å². The Kier molecular flexibility index (Phi) is 4.31. The highest BCUT2D eigenvalue weighted by Crippen LogP contribution is 2.23. The molecule has 122 valence electrons. The molecule has 0 aromatic heterocycles. The fourth-order valence-corrected chi connectivity index (χ4v) is 3.88. The van der Waals surface area contributed by atoms with Crippen LogP contribution in [0.3, 0.4) is 0 Å². The van der Waals surface area contributed by atoms with Crippen molar-refractivity contribution in [3.8, 4) is 0 Å². The number of sulfonamides is 1. The highest BCUT2D eigenvalue weighted by Gasteiger charge is 2.16. The smallest absolute Gasteiger partial charge is 0.261 e. The number of hydrogen-bond donors (Lipinski definition) is 1. The zero-order valence-electron chi connectivity index (χ0n) is 13.5. The fraction of sp³-hybridized carbons (Fsp3) is 0.333. The zero-order chi connectivity index (χ0) is 16.4. The van der Waals surface area contributed by atoms with Crippen molar-refractivity contribution in [1.82, 2.24) is 0 Å². The van der Waals surface area contributed by atoms with Gasteiger partial charge >= 0.3 is 0 Å². The Balaban J connectivity index is 1.80. The van der Waals surface area contributed by atoms with Gasteiger partial charge < -0.3 is 4.90 Å². The molecule has 23 heavy (non-hydrogen) atoms. The molecule has 0 amide bonds. The van der Waals surface area contributed by atoms with Crippen LogP contribution in [0.25, 0.3) is 0 Å². The lowest BCUT2D eigenvalue weighted by atomic mass is 10.1. The molecule has 0 unspecified atom stereocenters. The Morgan fingerprint density at radius 1 is 0.913 bits per heavy atom. The summed E-state index contributed by atoms with van der Waals surface area (Å²) >= 11 is 0. The van der Waals surface area contributed by atoms with E-state index in [2.05, 4.69) is 9.62 Å². The number of anilines is 2. The van der Waals surface area contributed by atoms with Crippen molar-refractivity contribution in [3.63, 3.8) is 0 Å². The molecular weight excluding hydrogens is 308 g/mol. The average Bonchev–Trinajstić information content (AvgIpc) is 3.05. The van der Waals surface area contributed by atoms with Crippen molar-refractivity contribution in [1.29, 1.82) is 0 Å². The first-order valence-corrected chi connectivity index (χ1v) is 9.39. The first kappa shape index (κ1) is 15.9. The summed E-state index contributed by atoms with van der Waals surface area (Å²) in [5.41, 5.74) is 3.89. The summed E-state index contributed by atoms with van der Waals surface area (Å²) in [6, 6.07) is 12.7. The third-order valence-corrected chi connectivity index (χ3v) is 5.77. The Morgan fingerprint density at radius 2 is 1.57 bits per heavy atom. The molecule has 1 saturated heterocycles. The first-order chi connectivity index (χ1) is 11.0. The van der Waals surface area contributed by atoms with Crippen LogP contribution >= 0.6 is 0 Å². The quantitative estimate of drug-likeness (QED) is 0.930. The molecule has 1 N–H and O–H groups in total. The summed E-state index contributed by atoms with van der Waals surface area (Å²) in [5.74, 6) is 0. The van der Waals surface area contributed by atoms with Crippen molar-refractivity contribution in [2.45, 2.75) is 31.6 Å². The van der Waals surface area contributed by atoms with Gasteiger partial charge in [0.05, 0.1) is 4.90 Å². The minimum absolute atomic E-state index is 0.290. The standard InChI is InChI=1S/C18H22N2O2S/c1-14-5-6-16(13-15(14)2)19-23(21,22)18-9-7-17(8-10-18)20-11-3-4-12-20/h5-10,13,19H,3-4,11-12H2,1-2H3. The summed E-state index contributed by atoms with van der Waals surface area (Å²) in [4.78, 5) is 2.58. The number of hydrogen-bond acceptors (Lipinski definition) is 3. The van der Waals surface area contributed by atoms with E-state index in [9.17, 15) is 8.42 Å². The van der Waals surface area contributed by atoms with Gasteiger partial charge in [0.1, 0.15) is 0 Å². The minimum Gasteiger partial charge on any atom is -0.372 e. The van der Waals surface area contributed by atoms with Gasteiger partial charge in [0.25, 0.3) is 10.0 Å². The molecule has 0 spiro atoms. The molecule has 4 nitrogen and oxygen atoms in total. The van der Waals surface area contributed by atoms with Crippen molar-refractivity contribution in [2.24, 2.45) is 0 Å². The van der Waals surface area contributed by atoms with Crippen molar-refractivity contribution in [2.75, 3.05) is 22.7 Å². The van der Waals surface area contributed by atoms with Crippen LogP contribution in [-0.4, -0.2) is 21.5 Å². The van der Waals surface area contributed by atoms with Gasteiger partial charge in [-0.3, -0.25) is 4.72 Å². The molecule has 5 heteroatoms. The van der Waals surface area contributed by atoms with E-state index in [4.69, 9.17) is 0 Å². The largest absolute Gasteiger partial charge is 0.372 e. The van der Waals surface area contributed by atoms with E-state index in [1.807, 2.05) is 38.1 Å². The monoisotopic (exact) mass is 330 g/mol. The normalized spacial score (nSPS) is 15.0.